The Balaban J connectivity index is 1.93. The summed E-state index contributed by atoms with van der Waals surface area (Å²) in [6.45, 7) is 7.12. The second-order valence-corrected chi connectivity index (χ2v) is 4.70. The van der Waals surface area contributed by atoms with Crippen LogP contribution in [0.2, 0.25) is 0 Å². The lowest BCUT2D eigenvalue weighted by Crippen LogP contribution is -2.26. The Morgan fingerprint density at radius 1 is 1.31 bits per heavy atom. The molecule has 1 N–H and O–H groups in total. The van der Waals surface area contributed by atoms with E-state index in [4.69, 9.17) is 0 Å². The predicted molar refractivity (Wildman–Crippen MR) is 58.9 cm³/mol. The van der Waals surface area contributed by atoms with Crippen molar-refractivity contribution >= 4 is 0 Å². The molecule has 0 radical (unpaired) electrons. The van der Waals surface area contributed by atoms with Crippen LogP contribution in [0.15, 0.2) is 0 Å². The van der Waals surface area contributed by atoms with Gasteiger partial charge in [0.15, 0.2) is 0 Å². The average molecular weight is 183 g/mol. The van der Waals surface area contributed by atoms with Gasteiger partial charge in [-0.25, -0.2) is 0 Å². The number of rotatable bonds is 6. The molecular weight excluding hydrogens is 158 g/mol. The number of hydrogen-bond donors (Lipinski definition) is 1. The minimum atomic E-state index is 0.867. The second-order valence-electron chi connectivity index (χ2n) is 4.70. The van der Waals surface area contributed by atoms with Crippen LogP contribution in [-0.4, -0.2) is 13.1 Å². The van der Waals surface area contributed by atoms with Crippen LogP contribution in [0.1, 0.15) is 52.4 Å². The molecule has 0 spiro atoms. The van der Waals surface area contributed by atoms with Crippen LogP contribution < -0.4 is 5.32 Å². The zero-order chi connectivity index (χ0) is 9.52. The van der Waals surface area contributed by atoms with Gasteiger partial charge in [-0.1, -0.05) is 33.1 Å². The van der Waals surface area contributed by atoms with E-state index in [0.717, 1.165) is 11.8 Å². The fourth-order valence-electron chi connectivity index (χ4n) is 2.34. The maximum absolute atomic E-state index is 3.61. The highest BCUT2D eigenvalue weighted by Crippen LogP contribution is 2.23. The molecule has 0 aromatic rings. The first-order valence-corrected chi connectivity index (χ1v) is 6.03. The third kappa shape index (κ3) is 4.66. The van der Waals surface area contributed by atoms with E-state index in [1.165, 1.54) is 51.6 Å². The van der Waals surface area contributed by atoms with Gasteiger partial charge >= 0.3 is 0 Å². The molecular formula is C12H25N. The molecule has 0 saturated heterocycles. The van der Waals surface area contributed by atoms with Crippen LogP contribution in [0, 0.1) is 11.8 Å². The van der Waals surface area contributed by atoms with E-state index in [1.54, 1.807) is 0 Å². The van der Waals surface area contributed by atoms with Gasteiger partial charge in [-0.2, -0.15) is 0 Å². The Bertz CT molecular complexity index is 116. The van der Waals surface area contributed by atoms with Gasteiger partial charge in [0.2, 0.25) is 0 Å². The summed E-state index contributed by atoms with van der Waals surface area (Å²) in [4.78, 5) is 0. The Labute approximate surface area is 83.3 Å². The van der Waals surface area contributed by atoms with Gasteiger partial charge in [0.1, 0.15) is 0 Å². The van der Waals surface area contributed by atoms with Crippen molar-refractivity contribution in [1.29, 1.82) is 0 Å². The van der Waals surface area contributed by atoms with Gasteiger partial charge in [-0.3, -0.25) is 0 Å². The van der Waals surface area contributed by atoms with E-state index < -0.39 is 0 Å². The highest BCUT2D eigenvalue weighted by Gasteiger charge is 2.14. The summed E-state index contributed by atoms with van der Waals surface area (Å²) in [6, 6.07) is 0. The molecule has 1 heteroatoms. The standard InChI is InChI=1S/C12H25N/c1-3-6-11(2)9-13-10-12-7-4-5-8-12/h11-13H,3-10H2,1-2H3. The fraction of sp³-hybridized carbons (Fsp3) is 1.00. The highest BCUT2D eigenvalue weighted by atomic mass is 14.9. The first-order chi connectivity index (χ1) is 6.33. The molecule has 0 aromatic heterocycles. The first-order valence-electron chi connectivity index (χ1n) is 6.03. The predicted octanol–water partition coefficient (Wildman–Crippen LogP) is 3.20. The molecule has 1 aliphatic rings. The van der Waals surface area contributed by atoms with E-state index in [-0.39, 0.29) is 0 Å². The van der Waals surface area contributed by atoms with Crippen LogP contribution in [0.3, 0.4) is 0 Å². The van der Waals surface area contributed by atoms with Crippen LogP contribution in [0.25, 0.3) is 0 Å². The second kappa shape index (κ2) is 6.42. The lowest BCUT2D eigenvalue weighted by molar-refractivity contribution is 0.429. The van der Waals surface area contributed by atoms with Gasteiger partial charge in [0.05, 0.1) is 0 Å². The molecule has 1 rings (SSSR count). The van der Waals surface area contributed by atoms with Gasteiger partial charge in [0, 0.05) is 0 Å². The first kappa shape index (κ1) is 11.0. The van der Waals surface area contributed by atoms with E-state index in [2.05, 4.69) is 19.2 Å². The third-order valence-corrected chi connectivity index (χ3v) is 3.18. The molecule has 1 unspecified atom stereocenters. The molecule has 0 aliphatic heterocycles. The Morgan fingerprint density at radius 2 is 2.00 bits per heavy atom. The molecule has 1 nitrogen and oxygen atoms in total. The van der Waals surface area contributed by atoms with Crippen molar-refractivity contribution in [2.75, 3.05) is 13.1 Å². The molecule has 0 heterocycles. The van der Waals surface area contributed by atoms with Crippen LogP contribution in [-0.2, 0) is 0 Å². The lowest BCUT2D eigenvalue weighted by Gasteiger charge is -2.14. The van der Waals surface area contributed by atoms with Crippen molar-refractivity contribution in [3.05, 3.63) is 0 Å². The van der Waals surface area contributed by atoms with E-state index >= 15 is 0 Å². The number of nitrogens with one attached hydrogen (secondary N) is 1. The summed E-state index contributed by atoms with van der Waals surface area (Å²) < 4.78 is 0. The van der Waals surface area contributed by atoms with Crippen molar-refractivity contribution in [1.82, 2.24) is 5.32 Å². The minimum Gasteiger partial charge on any atom is -0.316 e. The van der Waals surface area contributed by atoms with Crippen molar-refractivity contribution < 1.29 is 0 Å². The van der Waals surface area contributed by atoms with Crippen LogP contribution >= 0.6 is 0 Å². The summed E-state index contributed by atoms with van der Waals surface area (Å²) in [5.74, 6) is 1.86. The minimum absolute atomic E-state index is 0.867. The summed E-state index contributed by atoms with van der Waals surface area (Å²) in [6.07, 6.45) is 8.57. The maximum atomic E-state index is 3.61. The Morgan fingerprint density at radius 3 is 2.62 bits per heavy atom. The lowest BCUT2D eigenvalue weighted by atomic mass is 10.1. The van der Waals surface area contributed by atoms with Gasteiger partial charge in [0.25, 0.3) is 0 Å². The summed E-state index contributed by atoms with van der Waals surface area (Å²) in [5.41, 5.74) is 0. The molecule has 1 atom stereocenters. The number of hydrogen-bond acceptors (Lipinski definition) is 1. The monoisotopic (exact) mass is 183 g/mol. The average Bonchev–Trinajstić information content (AvgIpc) is 2.57. The molecule has 0 amide bonds. The Kier molecular flexibility index (Phi) is 5.45. The van der Waals surface area contributed by atoms with E-state index in [9.17, 15) is 0 Å². The molecule has 0 aromatic carbocycles. The Hall–Kier alpha value is -0.0400. The zero-order valence-electron chi connectivity index (χ0n) is 9.31. The highest BCUT2D eigenvalue weighted by molar-refractivity contribution is 4.70. The molecule has 1 fully saturated rings. The molecule has 1 aliphatic carbocycles. The van der Waals surface area contributed by atoms with Crippen molar-refractivity contribution in [2.45, 2.75) is 52.4 Å². The fourth-order valence-corrected chi connectivity index (χ4v) is 2.34. The summed E-state index contributed by atoms with van der Waals surface area (Å²) in [7, 11) is 0. The third-order valence-electron chi connectivity index (χ3n) is 3.18. The van der Waals surface area contributed by atoms with Gasteiger partial charge in [-0.05, 0) is 44.2 Å². The molecule has 78 valence electrons. The summed E-state index contributed by atoms with van der Waals surface area (Å²) in [5, 5.41) is 3.61. The largest absolute Gasteiger partial charge is 0.316 e. The van der Waals surface area contributed by atoms with Crippen LogP contribution in [0.5, 0.6) is 0 Å². The van der Waals surface area contributed by atoms with E-state index in [0.29, 0.717) is 0 Å². The van der Waals surface area contributed by atoms with Gasteiger partial charge < -0.3 is 5.32 Å². The van der Waals surface area contributed by atoms with Crippen molar-refractivity contribution in [2.24, 2.45) is 11.8 Å². The van der Waals surface area contributed by atoms with Gasteiger partial charge in [-0.15, -0.1) is 0 Å². The molecule has 0 bridgehead atoms. The quantitative estimate of drug-likeness (QED) is 0.667. The molecule has 1 saturated carbocycles. The normalized spacial score (nSPS) is 20.8. The zero-order valence-corrected chi connectivity index (χ0v) is 9.31. The van der Waals surface area contributed by atoms with Crippen LogP contribution in [0.4, 0.5) is 0 Å². The topological polar surface area (TPSA) is 12.0 Å². The summed E-state index contributed by atoms with van der Waals surface area (Å²) >= 11 is 0. The molecule has 13 heavy (non-hydrogen) atoms. The SMILES string of the molecule is CCCC(C)CNCC1CCCC1. The maximum Gasteiger partial charge on any atom is -0.00204 e. The van der Waals surface area contributed by atoms with E-state index in [1.807, 2.05) is 0 Å². The smallest absolute Gasteiger partial charge is 0.00204 e. The van der Waals surface area contributed by atoms with Crippen molar-refractivity contribution in [3.63, 3.8) is 0 Å². The van der Waals surface area contributed by atoms with Crippen molar-refractivity contribution in [3.8, 4) is 0 Å².